The molecule has 0 aliphatic carbocycles. The zero-order valence-electron chi connectivity index (χ0n) is 37.3. The number of aromatic nitrogens is 1. The van der Waals surface area contributed by atoms with E-state index < -0.39 is 0 Å². The standard InChI is InChI=1S/C66H44N2/c1-2-15-54(16-3-1)68-65-23-9-8-18-63(65)64-22-11-20-60(66(64)68)51-34-41-57(42-35-51)67(56-39-32-50(33-40-56)59-19-10-21-61-58-17-7-6-13-49(58)36-43-62(59)61)55-37-30-47(31-38-55)46-24-26-48(27-25-46)53-29-28-45-12-4-5-14-52(45)44-53/h1-44H. The second kappa shape index (κ2) is 16.5. The minimum absolute atomic E-state index is 1.08. The SMILES string of the molecule is c1ccc(-n2c3ccccc3c3cccc(-c4ccc(N(c5ccc(-c6ccc(-c7ccc8ccccc8c7)cc6)cc5)c5ccc(-c6cccc7c6ccc6ccccc67)cc5)cc4)c32)cc1. The molecule has 0 spiro atoms. The molecule has 0 amide bonds. The van der Waals surface area contributed by atoms with E-state index in [9.17, 15) is 0 Å². The van der Waals surface area contributed by atoms with E-state index in [4.69, 9.17) is 0 Å². The lowest BCUT2D eigenvalue weighted by Crippen LogP contribution is -2.09. The third-order valence-corrected chi connectivity index (χ3v) is 13.8. The monoisotopic (exact) mass is 864 g/mol. The van der Waals surface area contributed by atoms with E-state index in [-0.39, 0.29) is 0 Å². The van der Waals surface area contributed by atoms with Crippen molar-refractivity contribution in [2.75, 3.05) is 4.90 Å². The summed E-state index contributed by atoms with van der Waals surface area (Å²) in [7, 11) is 0. The summed E-state index contributed by atoms with van der Waals surface area (Å²) >= 11 is 0. The average molecular weight is 865 g/mol. The summed E-state index contributed by atoms with van der Waals surface area (Å²) in [6.45, 7) is 0. The summed E-state index contributed by atoms with van der Waals surface area (Å²) < 4.78 is 2.42. The highest BCUT2D eigenvalue weighted by molar-refractivity contribution is 6.14. The van der Waals surface area contributed by atoms with Gasteiger partial charge in [-0.05, 0) is 132 Å². The molecule has 0 bridgehead atoms. The van der Waals surface area contributed by atoms with Crippen LogP contribution in [-0.4, -0.2) is 4.57 Å². The molecule has 0 saturated carbocycles. The summed E-state index contributed by atoms with van der Waals surface area (Å²) in [5.41, 5.74) is 16.4. The van der Waals surface area contributed by atoms with E-state index in [0.717, 1.165) is 22.7 Å². The Bertz CT molecular complexity index is 3980. The van der Waals surface area contributed by atoms with Crippen LogP contribution in [0.2, 0.25) is 0 Å². The molecule has 12 aromatic carbocycles. The molecule has 0 atom stereocenters. The Balaban J connectivity index is 0.886. The van der Waals surface area contributed by atoms with E-state index in [1.807, 2.05) is 0 Å². The fourth-order valence-electron chi connectivity index (χ4n) is 10.4. The quantitative estimate of drug-likeness (QED) is 0.138. The summed E-state index contributed by atoms with van der Waals surface area (Å²) in [6, 6.07) is 97.4. The lowest BCUT2D eigenvalue weighted by molar-refractivity contribution is 1.18. The van der Waals surface area contributed by atoms with Crippen LogP contribution in [0.5, 0.6) is 0 Å². The van der Waals surface area contributed by atoms with E-state index >= 15 is 0 Å². The average Bonchev–Trinajstić information content (AvgIpc) is 3.76. The molecule has 1 heterocycles. The van der Waals surface area contributed by atoms with E-state index in [0.29, 0.717) is 0 Å². The normalized spacial score (nSPS) is 11.5. The molecule has 2 nitrogen and oxygen atoms in total. The van der Waals surface area contributed by atoms with Crippen LogP contribution in [0.4, 0.5) is 17.1 Å². The highest BCUT2D eigenvalue weighted by atomic mass is 15.1. The van der Waals surface area contributed by atoms with Crippen molar-refractivity contribution in [2.24, 2.45) is 0 Å². The van der Waals surface area contributed by atoms with Gasteiger partial charge in [-0.2, -0.15) is 0 Å². The molecule has 2 heteroatoms. The van der Waals surface area contributed by atoms with Crippen molar-refractivity contribution >= 4 is 71.2 Å². The molecule has 0 saturated heterocycles. The fraction of sp³-hybridized carbons (Fsp3) is 0. The van der Waals surface area contributed by atoms with Gasteiger partial charge in [0.2, 0.25) is 0 Å². The van der Waals surface area contributed by atoms with Crippen LogP contribution >= 0.6 is 0 Å². The first-order valence-electron chi connectivity index (χ1n) is 23.4. The van der Waals surface area contributed by atoms with Crippen LogP contribution < -0.4 is 4.90 Å². The first kappa shape index (κ1) is 39.4. The lowest BCUT2D eigenvalue weighted by Gasteiger charge is -2.26. The highest BCUT2D eigenvalue weighted by Gasteiger charge is 2.18. The number of rotatable bonds is 8. The van der Waals surface area contributed by atoms with Crippen molar-refractivity contribution in [2.45, 2.75) is 0 Å². The van der Waals surface area contributed by atoms with Gasteiger partial charge in [-0.1, -0.05) is 206 Å². The zero-order valence-corrected chi connectivity index (χ0v) is 37.3. The predicted octanol–water partition coefficient (Wildman–Crippen LogP) is 18.4. The first-order chi connectivity index (χ1) is 33.7. The molecule has 0 radical (unpaired) electrons. The Hall–Kier alpha value is -8.98. The van der Waals surface area contributed by atoms with Crippen LogP contribution in [0.15, 0.2) is 267 Å². The molecule has 1 aromatic heterocycles. The Labute approximate surface area is 395 Å². The molecule has 13 rings (SSSR count). The molecule has 13 aromatic rings. The zero-order chi connectivity index (χ0) is 45.0. The molecule has 0 aliphatic rings. The van der Waals surface area contributed by atoms with Crippen molar-refractivity contribution in [3.8, 4) is 50.2 Å². The Morgan fingerprint density at radius 3 is 1.41 bits per heavy atom. The van der Waals surface area contributed by atoms with Gasteiger partial charge in [-0.25, -0.2) is 0 Å². The third-order valence-electron chi connectivity index (χ3n) is 13.8. The van der Waals surface area contributed by atoms with Crippen LogP contribution in [-0.2, 0) is 0 Å². The summed E-state index contributed by atoms with van der Waals surface area (Å²) in [5, 5.41) is 10.1. The number of hydrogen-bond donors (Lipinski definition) is 0. The van der Waals surface area contributed by atoms with Crippen molar-refractivity contribution in [1.29, 1.82) is 0 Å². The predicted molar refractivity (Wildman–Crippen MR) is 290 cm³/mol. The smallest absolute Gasteiger partial charge is 0.0619 e. The van der Waals surface area contributed by atoms with Crippen LogP contribution in [0.25, 0.3) is 104 Å². The summed E-state index contributed by atoms with van der Waals surface area (Å²) in [4.78, 5) is 2.37. The van der Waals surface area contributed by atoms with Crippen molar-refractivity contribution in [1.82, 2.24) is 4.57 Å². The minimum Gasteiger partial charge on any atom is -0.311 e. The number of fused-ring (bicyclic) bond motifs is 7. The first-order valence-corrected chi connectivity index (χ1v) is 23.4. The van der Waals surface area contributed by atoms with Crippen LogP contribution in [0, 0.1) is 0 Å². The number of hydrogen-bond acceptors (Lipinski definition) is 1. The van der Waals surface area contributed by atoms with Crippen LogP contribution in [0.1, 0.15) is 0 Å². The van der Waals surface area contributed by atoms with E-state index in [2.05, 4.69) is 276 Å². The number of nitrogens with zero attached hydrogens (tertiary/aromatic N) is 2. The van der Waals surface area contributed by atoms with Gasteiger partial charge in [-0.15, -0.1) is 0 Å². The Morgan fingerprint density at radius 2 is 0.721 bits per heavy atom. The molecule has 68 heavy (non-hydrogen) atoms. The third kappa shape index (κ3) is 6.82. The van der Waals surface area contributed by atoms with Crippen LogP contribution in [0.3, 0.4) is 0 Å². The fourth-order valence-corrected chi connectivity index (χ4v) is 10.4. The number of benzene rings is 12. The largest absolute Gasteiger partial charge is 0.311 e. The van der Waals surface area contributed by atoms with Gasteiger partial charge in [0.1, 0.15) is 0 Å². The van der Waals surface area contributed by atoms with Gasteiger partial charge in [-0.3, -0.25) is 0 Å². The van der Waals surface area contributed by atoms with Crippen molar-refractivity contribution in [3.05, 3.63) is 267 Å². The second-order valence-corrected chi connectivity index (χ2v) is 17.7. The molecule has 318 valence electrons. The maximum Gasteiger partial charge on any atom is 0.0619 e. The van der Waals surface area contributed by atoms with E-state index in [1.165, 1.54) is 98.6 Å². The molecule has 0 fully saturated rings. The maximum absolute atomic E-state index is 2.42. The summed E-state index contributed by atoms with van der Waals surface area (Å²) in [5.74, 6) is 0. The maximum atomic E-state index is 2.42. The second-order valence-electron chi connectivity index (χ2n) is 17.7. The number of anilines is 3. The summed E-state index contributed by atoms with van der Waals surface area (Å²) in [6.07, 6.45) is 0. The molecule has 0 N–H and O–H groups in total. The van der Waals surface area contributed by atoms with Gasteiger partial charge in [0, 0.05) is 39.1 Å². The minimum atomic E-state index is 1.08. The highest BCUT2D eigenvalue weighted by Crippen LogP contribution is 2.42. The molecular formula is C66H44N2. The topological polar surface area (TPSA) is 8.17 Å². The van der Waals surface area contributed by atoms with Crippen molar-refractivity contribution < 1.29 is 0 Å². The Kier molecular flexibility index (Phi) is 9.54. The molecule has 0 unspecified atom stereocenters. The van der Waals surface area contributed by atoms with Crippen molar-refractivity contribution in [3.63, 3.8) is 0 Å². The molecule has 0 aliphatic heterocycles. The van der Waals surface area contributed by atoms with E-state index in [1.54, 1.807) is 0 Å². The van der Waals surface area contributed by atoms with Gasteiger partial charge in [0.15, 0.2) is 0 Å². The van der Waals surface area contributed by atoms with Gasteiger partial charge in [0.05, 0.1) is 11.0 Å². The molecular weight excluding hydrogens is 821 g/mol. The van der Waals surface area contributed by atoms with Gasteiger partial charge < -0.3 is 9.47 Å². The number of para-hydroxylation sites is 3. The van der Waals surface area contributed by atoms with Gasteiger partial charge >= 0.3 is 0 Å². The lowest BCUT2D eigenvalue weighted by atomic mass is 9.94. The van der Waals surface area contributed by atoms with Gasteiger partial charge in [0.25, 0.3) is 0 Å². The Morgan fingerprint density at radius 1 is 0.250 bits per heavy atom.